The van der Waals surface area contributed by atoms with Crippen molar-refractivity contribution < 1.29 is 0 Å². The SMILES string of the molecule is Cc1ccsc1C1(N)CCC(C)c2ccccc21. The van der Waals surface area contributed by atoms with Crippen molar-refractivity contribution in [3.63, 3.8) is 0 Å². The fourth-order valence-electron chi connectivity index (χ4n) is 3.13. The van der Waals surface area contributed by atoms with Crippen LogP contribution in [0.5, 0.6) is 0 Å². The number of rotatable bonds is 1. The van der Waals surface area contributed by atoms with Crippen molar-refractivity contribution in [1.82, 2.24) is 0 Å². The lowest BCUT2D eigenvalue weighted by atomic mass is 9.71. The summed E-state index contributed by atoms with van der Waals surface area (Å²) in [5.41, 5.74) is 10.6. The van der Waals surface area contributed by atoms with E-state index in [2.05, 4.69) is 49.6 Å². The third kappa shape index (κ3) is 1.63. The van der Waals surface area contributed by atoms with Crippen LogP contribution >= 0.6 is 11.3 Å². The molecule has 0 fully saturated rings. The molecular weight excluding hydrogens is 238 g/mol. The monoisotopic (exact) mass is 257 g/mol. The molecule has 2 atom stereocenters. The van der Waals surface area contributed by atoms with E-state index in [1.165, 1.54) is 28.0 Å². The quantitative estimate of drug-likeness (QED) is 0.815. The number of fused-ring (bicyclic) bond motifs is 1. The minimum Gasteiger partial charge on any atom is -0.317 e. The maximum atomic E-state index is 6.81. The molecule has 2 aromatic rings. The Morgan fingerprint density at radius 3 is 2.78 bits per heavy atom. The van der Waals surface area contributed by atoms with Gasteiger partial charge in [0.05, 0.1) is 5.54 Å². The highest BCUT2D eigenvalue weighted by molar-refractivity contribution is 7.10. The molecular formula is C16H19NS. The molecule has 0 radical (unpaired) electrons. The maximum Gasteiger partial charge on any atom is 0.0764 e. The first-order chi connectivity index (χ1) is 8.63. The van der Waals surface area contributed by atoms with Gasteiger partial charge in [-0.3, -0.25) is 0 Å². The molecule has 1 nitrogen and oxygen atoms in total. The molecule has 0 saturated heterocycles. The van der Waals surface area contributed by atoms with Crippen molar-refractivity contribution in [2.24, 2.45) is 5.73 Å². The molecule has 0 bridgehead atoms. The Morgan fingerprint density at radius 1 is 1.28 bits per heavy atom. The van der Waals surface area contributed by atoms with Crippen molar-refractivity contribution in [3.8, 4) is 0 Å². The van der Waals surface area contributed by atoms with E-state index in [0.29, 0.717) is 5.92 Å². The highest BCUT2D eigenvalue weighted by Crippen LogP contribution is 2.45. The number of aryl methyl sites for hydroxylation is 1. The Labute approximate surface area is 113 Å². The molecule has 2 heteroatoms. The lowest BCUT2D eigenvalue weighted by Gasteiger charge is -2.38. The Kier molecular flexibility index (Phi) is 2.80. The Bertz CT molecular complexity index is 572. The summed E-state index contributed by atoms with van der Waals surface area (Å²) in [5, 5.41) is 2.15. The number of hydrogen-bond acceptors (Lipinski definition) is 2. The van der Waals surface area contributed by atoms with Crippen molar-refractivity contribution >= 4 is 11.3 Å². The van der Waals surface area contributed by atoms with Gasteiger partial charge in [-0.05, 0) is 53.8 Å². The van der Waals surface area contributed by atoms with E-state index in [4.69, 9.17) is 5.73 Å². The summed E-state index contributed by atoms with van der Waals surface area (Å²) in [4.78, 5) is 1.34. The van der Waals surface area contributed by atoms with Gasteiger partial charge in [0.1, 0.15) is 0 Å². The summed E-state index contributed by atoms with van der Waals surface area (Å²) in [6.45, 7) is 4.47. The molecule has 1 aliphatic rings. The molecule has 1 aliphatic carbocycles. The van der Waals surface area contributed by atoms with E-state index >= 15 is 0 Å². The van der Waals surface area contributed by atoms with Crippen LogP contribution in [-0.2, 0) is 5.54 Å². The van der Waals surface area contributed by atoms with Crippen LogP contribution < -0.4 is 5.73 Å². The number of nitrogens with two attached hydrogens (primary N) is 1. The first-order valence-electron chi connectivity index (χ1n) is 6.56. The molecule has 94 valence electrons. The number of hydrogen-bond donors (Lipinski definition) is 1. The molecule has 1 heterocycles. The van der Waals surface area contributed by atoms with Crippen LogP contribution in [0.25, 0.3) is 0 Å². The van der Waals surface area contributed by atoms with Crippen LogP contribution in [0.3, 0.4) is 0 Å². The Balaban J connectivity index is 2.20. The average Bonchev–Trinajstić information content (AvgIpc) is 2.82. The van der Waals surface area contributed by atoms with Crippen LogP contribution in [0.1, 0.15) is 47.3 Å². The van der Waals surface area contributed by atoms with Crippen LogP contribution in [0.4, 0.5) is 0 Å². The molecule has 1 aromatic heterocycles. The summed E-state index contributed by atoms with van der Waals surface area (Å²) in [7, 11) is 0. The standard InChI is InChI=1S/C16H19NS/c1-11-7-9-16(17,15-12(2)8-10-18-15)14-6-4-3-5-13(11)14/h3-6,8,10-11H,7,9,17H2,1-2H3. The molecule has 0 amide bonds. The minimum absolute atomic E-state index is 0.276. The minimum atomic E-state index is -0.276. The smallest absolute Gasteiger partial charge is 0.0764 e. The van der Waals surface area contributed by atoms with Gasteiger partial charge >= 0.3 is 0 Å². The van der Waals surface area contributed by atoms with Crippen LogP contribution in [0.15, 0.2) is 35.7 Å². The first kappa shape index (κ1) is 11.9. The van der Waals surface area contributed by atoms with Gasteiger partial charge in [0.15, 0.2) is 0 Å². The van der Waals surface area contributed by atoms with Gasteiger partial charge in [-0.1, -0.05) is 31.2 Å². The lowest BCUT2D eigenvalue weighted by Crippen LogP contribution is -2.41. The second-order valence-corrected chi connectivity index (χ2v) is 6.35. The normalized spacial score (nSPS) is 26.9. The molecule has 18 heavy (non-hydrogen) atoms. The zero-order valence-electron chi connectivity index (χ0n) is 10.9. The second kappa shape index (κ2) is 4.22. The topological polar surface area (TPSA) is 26.0 Å². The molecule has 1 aromatic carbocycles. The summed E-state index contributed by atoms with van der Waals surface area (Å²) in [5.74, 6) is 0.623. The van der Waals surface area contributed by atoms with Gasteiger partial charge < -0.3 is 5.73 Å². The third-order valence-electron chi connectivity index (χ3n) is 4.21. The van der Waals surface area contributed by atoms with Gasteiger partial charge in [-0.15, -0.1) is 11.3 Å². The van der Waals surface area contributed by atoms with Crippen LogP contribution in [-0.4, -0.2) is 0 Å². The van der Waals surface area contributed by atoms with E-state index in [1.807, 2.05) is 0 Å². The second-order valence-electron chi connectivity index (χ2n) is 5.43. The van der Waals surface area contributed by atoms with E-state index in [1.54, 1.807) is 11.3 Å². The van der Waals surface area contributed by atoms with Gasteiger partial charge in [0.2, 0.25) is 0 Å². The first-order valence-corrected chi connectivity index (χ1v) is 7.44. The molecule has 2 N–H and O–H groups in total. The predicted molar refractivity (Wildman–Crippen MR) is 78.1 cm³/mol. The number of thiophene rings is 1. The van der Waals surface area contributed by atoms with Crippen LogP contribution in [0.2, 0.25) is 0 Å². The van der Waals surface area contributed by atoms with Crippen molar-refractivity contribution in [2.75, 3.05) is 0 Å². The predicted octanol–water partition coefficient (Wildman–Crippen LogP) is 4.16. The Morgan fingerprint density at radius 2 is 2.06 bits per heavy atom. The zero-order valence-corrected chi connectivity index (χ0v) is 11.8. The largest absolute Gasteiger partial charge is 0.317 e. The Hall–Kier alpha value is -1.12. The van der Waals surface area contributed by atoms with E-state index in [-0.39, 0.29) is 5.54 Å². The molecule has 2 unspecified atom stereocenters. The highest BCUT2D eigenvalue weighted by atomic mass is 32.1. The highest BCUT2D eigenvalue weighted by Gasteiger charge is 2.38. The van der Waals surface area contributed by atoms with Crippen molar-refractivity contribution in [1.29, 1.82) is 0 Å². The maximum absolute atomic E-state index is 6.81. The van der Waals surface area contributed by atoms with Crippen LogP contribution in [0, 0.1) is 6.92 Å². The summed E-state index contributed by atoms with van der Waals surface area (Å²) < 4.78 is 0. The molecule has 0 saturated carbocycles. The van der Waals surface area contributed by atoms with Gasteiger partial charge in [0, 0.05) is 4.88 Å². The van der Waals surface area contributed by atoms with E-state index in [9.17, 15) is 0 Å². The van der Waals surface area contributed by atoms with E-state index in [0.717, 1.165) is 6.42 Å². The summed E-state index contributed by atoms with van der Waals surface area (Å²) in [6.07, 6.45) is 2.22. The zero-order chi connectivity index (χ0) is 12.8. The van der Waals surface area contributed by atoms with Gasteiger partial charge in [-0.25, -0.2) is 0 Å². The molecule has 3 rings (SSSR count). The molecule has 0 spiro atoms. The van der Waals surface area contributed by atoms with Crippen molar-refractivity contribution in [2.45, 2.75) is 38.1 Å². The fourth-order valence-corrected chi connectivity index (χ4v) is 4.22. The van der Waals surface area contributed by atoms with Gasteiger partial charge in [-0.2, -0.15) is 0 Å². The lowest BCUT2D eigenvalue weighted by molar-refractivity contribution is 0.417. The fraction of sp³-hybridized carbons (Fsp3) is 0.375. The van der Waals surface area contributed by atoms with Gasteiger partial charge in [0.25, 0.3) is 0 Å². The van der Waals surface area contributed by atoms with Crippen molar-refractivity contribution in [3.05, 3.63) is 57.3 Å². The summed E-state index contributed by atoms with van der Waals surface area (Å²) in [6, 6.07) is 10.9. The summed E-state index contributed by atoms with van der Waals surface area (Å²) >= 11 is 1.79. The van der Waals surface area contributed by atoms with E-state index < -0.39 is 0 Å². The number of benzene rings is 1. The average molecular weight is 257 g/mol. The third-order valence-corrected chi connectivity index (χ3v) is 5.41. The molecule has 0 aliphatic heterocycles.